The second-order valence-corrected chi connectivity index (χ2v) is 9.67. The standard InChI is InChI=1S/C28H30N8O2/c1-5-6-11-23-29-26-24(27(37)34(4)28(38)36(26)16-18(2)3)35(23)17-19-12-14-20(15-13-19)21-9-7-8-10-22(21)25-30-32-33-31-25/h6-15,18H,5,16-17H2,1-4H3,(H,30,31,32,33)/b11-6+. The minimum Gasteiger partial charge on any atom is -0.314 e. The van der Waals surface area contributed by atoms with Crippen molar-refractivity contribution in [3.05, 3.63) is 86.8 Å². The predicted molar refractivity (Wildman–Crippen MR) is 148 cm³/mol. The van der Waals surface area contributed by atoms with Gasteiger partial charge >= 0.3 is 5.69 Å². The Bertz CT molecular complexity index is 1720. The van der Waals surface area contributed by atoms with Gasteiger partial charge in [0.05, 0.1) is 0 Å². The van der Waals surface area contributed by atoms with Crippen LogP contribution in [0.3, 0.4) is 0 Å². The lowest BCUT2D eigenvalue weighted by atomic mass is 9.98. The van der Waals surface area contributed by atoms with Gasteiger partial charge in [-0.1, -0.05) is 75.4 Å². The van der Waals surface area contributed by atoms with Crippen LogP contribution in [-0.4, -0.2) is 39.3 Å². The first-order valence-electron chi connectivity index (χ1n) is 12.7. The van der Waals surface area contributed by atoms with Gasteiger partial charge in [0.1, 0.15) is 5.82 Å². The molecule has 0 aliphatic rings. The van der Waals surface area contributed by atoms with E-state index < -0.39 is 0 Å². The summed E-state index contributed by atoms with van der Waals surface area (Å²) in [4.78, 5) is 31.1. The number of fused-ring (bicyclic) bond motifs is 1. The molecule has 5 rings (SSSR count). The van der Waals surface area contributed by atoms with E-state index in [1.165, 1.54) is 11.6 Å². The quantitative estimate of drug-likeness (QED) is 0.339. The van der Waals surface area contributed by atoms with E-state index in [9.17, 15) is 9.59 Å². The zero-order valence-corrected chi connectivity index (χ0v) is 21.9. The maximum absolute atomic E-state index is 13.3. The number of aromatic nitrogens is 8. The second kappa shape index (κ2) is 10.4. The average Bonchev–Trinajstić information content (AvgIpc) is 3.58. The van der Waals surface area contributed by atoms with Crippen LogP contribution in [0.15, 0.2) is 64.2 Å². The molecular formula is C28H30N8O2. The highest BCUT2D eigenvalue weighted by Crippen LogP contribution is 2.30. The zero-order chi connectivity index (χ0) is 26.8. The molecule has 2 aromatic carbocycles. The number of H-pyrrole nitrogens is 1. The van der Waals surface area contributed by atoms with Gasteiger partial charge in [0, 0.05) is 25.7 Å². The van der Waals surface area contributed by atoms with Crippen molar-refractivity contribution in [3.63, 3.8) is 0 Å². The van der Waals surface area contributed by atoms with Gasteiger partial charge in [-0.3, -0.25) is 13.9 Å². The summed E-state index contributed by atoms with van der Waals surface area (Å²) >= 11 is 0. The minimum absolute atomic E-state index is 0.219. The largest absolute Gasteiger partial charge is 0.332 e. The van der Waals surface area contributed by atoms with Gasteiger partial charge in [0.2, 0.25) is 5.82 Å². The summed E-state index contributed by atoms with van der Waals surface area (Å²) in [5.41, 5.74) is 4.04. The van der Waals surface area contributed by atoms with Gasteiger partial charge in [-0.15, -0.1) is 10.2 Å². The van der Waals surface area contributed by atoms with E-state index >= 15 is 0 Å². The number of allylic oxidation sites excluding steroid dienone is 1. The van der Waals surface area contributed by atoms with E-state index in [0.29, 0.717) is 35.9 Å². The van der Waals surface area contributed by atoms with Gasteiger partial charge in [-0.25, -0.2) is 9.78 Å². The molecule has 10 nitrogen and oxygen atoms in total. The van der Waals surface area contributed by atoms with Gasteiger partial charge in [-0.05, 0) is 40.3 Å². The van der Waals surface area contributed by atoms with Crippen LogP contribution in [0.2, 0.25) is 0 Å². The number of rotatable bonds is 8. The molecule has 38 heavy (non-hydrogen) atoms. The molecule has 0 saturated heterocycles. The third-order valence-electron chi connectivity index (χ3n) is 6.43. The lowest BCUT2D eigenvalue weighted by molar-refractivity contribution is 0.500. The molecule has 3 aromatic heterocycles. The molecular weight excluding hydrogens is 480 g/mol. The number of hydrogen-bond donors (Lipinski definition) is 1. The van der Waals surface area contributed by atoms with E-state index in [4.69, 9.17) is 4.98 Å². The number of benzene rings is 2. The molecule has 0 bridgehead atoms. The Labute approximate surface area is 219 Å². The third-order valence-corrected chi connectivity index (χ3v) is 6.43. The smallest absolute Gasteiger partial charge is 0.314 e. The van der Waals surface area contributed by atoms with Gasteiger partial charge in [0.25, 0.3) is 5.56 Å². The van der Waals surface area contributed by atoms with E-state index in [2.05, 4.69) is 20.6 Å². The summed E-state index contributed by atoms with van der Waals surface area (Å²) < 4.78 is 4.69. The highest BCUT2D eigenvalue weighted by Gasteiger charge is 2.20. The summed E-state index contributed by atoms with van der Waals surface area (Å²) in [5.74, 6) is 1.40. The first kappa shape index (κ1) is 25.1. The highest BCUT2D eigenvalue weighted by atomic mass is 16.2. The van der Waals surface area contributed by atoms with Crippen molar-refractivity contribution in [2.24, 2.45) is 13.0 Å². The summed E-state index contributed by atoms with van der Waals surface area (Å²) in [6.45, 7) is 7.03. The molecule has 10 heteroatoms. The zero-order valence-electron chi connectivity index (χ0n) is 21.9. The molecule has 0 atom stereocenters. The topological polar surface area (TPSA) is 116 Å². The van der Waals surface area contributed by atoms with Crippen LogP contribution in [0.4, 0.5) is 0 Å². The SMILES string of the molecule is CC/C=C/c1nc2c(c(=O)n(C)c(=O)n2CC(C)C)n1Cc1ccc(-c2ccccc2-c2nn[nH]n2)cc1. The molecule has 3 heterocycles. The molecule has 0 radical (unpaired) electrons. The van der Waals surface area contributed by atoms with Gasteiger partial charge in [0.15, 0.2) is 11.2 Å². The molecule has 0 amide bonds. The maximum atomic E-state index is 13.3. The fourth-order valence-corrected chi connectivity index (χ4v) is 4.59. The Morgan fingerprint density at radius 2 is 1.74 bits per heavy atom. The Morgan fingerprint density at radius 3 is 2.39 bits per heavy atom. The lowest BCUT2D eigenvalue weighted by Crippen LogP contribution is -2.39. The van der Waals surface area contributed by atoms with E-state index in [0.717, 1.165) is 28.7 Å². The van der Waals surface area contributed by atoms with E-state index in [1.54, 1.807) is 4.57 Å². The lowest BCUT2D eigenvalue weighted by Gasteiger charge is -2.12. The number of aromatic amines is 1. The maximum Gasteiger partial charge on any atom is 0.332 e. The fraction of sp³-hybridized carbons (Fsp3) is 0.286. The Hall–Kier alpha value is -4.60. The molecule has 0 spiro atoms. The molecule has 0 fully saturated rings. The first-order valence-corrected chi connectivity index (χ1v) is 12.7. The molecule has 0 saturated carbocycles. The number of tetrazole rings is 1. The number of nitrogens with zero attached hydrogens (tertiary/aromatic N) is 7. The van der Waals surface area contributed by atoms with Crippen LogP contribution in [0.1, 0.15) is 38.6 Å². The minimum atomic E-state index is -0.350. The molecule has 5 aromatic rings. The number of hydrogen-bond acceptors (Lipinski definition) is 6. The van der Waals surface area contributed by atoms with Crippen LogP contribution in [0, 0.1) is 5.92 Å². The van der Waals surface area contributed by atoms with Gasteiger partial charge in [-0.2, -0.15) is 5.21 Å². The van der Waals surface area contributed by atoms with Crippen LogP contribution in [-0.2, 0) is 20.1 Å². The van der Waals surface area contributed by atoms with Crippen molar-refractivity contribution >= 4 is 17.2 Å². The molecule has 0 aliphatic heterocycles. The Morgan fingerprint density at radius 1 is 1.00 bits per heavy atom. The summed E-state index contributed by atoms with van der Waals surface area (Å²) in [5, 5.41) is 14.5. The monoisotopic (exact) mass is 510 g/mol. The second-order valence-electron chi connectivity index (χ2n) is 9.67. The summed E-state index contributed by atoms with van der Waals surface area (Å²) in [6.07, 6.45) is 4.75. The van der Waals surface area contributed by atoms with E-state index in [1.807, 2.05) is 86.0 Å². The number of nitrogens with one attached hydrogen (secondary N) is 1. The van der Waals surface area contributed by atoms with Crippen molar-refractivity contribution < 1.29 is 0 Å². The van der Waals surface area contributed by atoms with Gasteiger partial charge < -0.3 is 4.57 Å². The van der Waals surface area contributed by atoms with Crippen molar-refractivity contribution in [1.82, 2.24) is 39.3 Å². The summed E-state index contributed by atoms with van der Waals surface area (Å²) in [7, 11) is 1.52. The van der Waals surface area contributed by atoms with Crippen LogP contribution < -0.4 is 11.2 Å². The molecule has 0 unspecified atom stereocenters. The Kier molecular flexibility index (Phi) is 6.87. The average molecular weight is 511 g/mol. The number of imidazole rings is 1. The molecule has 194 valence electrons. The van der Waals surface area contributed by atoms with Crippen molar-refractivity contribution in [3.8, 4) is 22.5 Å². The first-order chi connectivity index (χ1) is 18.4. The van der Waals surface area contributed by atoms with Crippen LogP contribution in [0.5, 0.6) is 0 Å². The van der Waals surface area contributed by atoms with E-state index in [-0.39, 0.29) is 17.2 Å². The third kappa shape index (κ3) is 4.60. The molecule has 1 N–H and O–H groups in total. The van der Waals surface area contributed by atoms with Crippen molar-refractivity contribution in [2.75, 3.05) is 0 Å². The summed E-state index contributed by atoms with van der Waals surface area (Å²) in [6, 6.07) is 16.1. The molecule has 0 aliphatic carbocycles. The van der Waals surface area contributed by atoms with Crippen molar-refractivity contribution in [1.29, 1.82) is 0 Å². The van der Waals surface area contributed by atoms with Crippen LogP contribution in [0.25, 0.3) is 39.8 Å². The predicted octanol–water partition coefficient (Wildman–Crippen LogP) is 3.87. The Balaban J connectivity index is 1.59. The van der Waals surface area contributed by atoms with Crippen molar-refractivity contribution in [2.45, 2.75) is 40.3 Å². The highest BCUT2D eigenvalue weighted by molar-refractivity contribution is 5.80. The van der Waals surface area contributed by atoms with Crippen LogP contribution >= 0.6 is 0 Å². The normalized spacial score (nSPS) is 11.8. The fourth-order valence-electron chi connectivity index (χ4n) is 4.59.